The zero-order valence-electron chi connectivity index (χ0n) is 13.4. The van der Waals surface area contributed by atoms with Gasteiger partial charge < -0.3 is 15.2 Å². The van der Waals surface area contributed by atoms with Gasteiger partial charge >= 0.3 is 0 Å². The molecule has 0 aromatic rings. The first kappa shape index (κ1) is 16.2. The van der Waals surface area contributed by atoms with Crippen molar-refractivity contribution in [3.8, 4) is 0 Å². The van der Waals surface area contributed by atoms with E-state index in [2.05, 4.69) is 31.0 Å². The van der Waals surface area contributed by atoms with Crippen LogP contribution in [0.15, 0.2) is 0 Å². The van der Waals surface area contributed by atoms with Gasteiger partial charge in [0.2, 0.25) is 0 Å². The first-order chi connectivity index (χ1) is 9.56. The van der Waals surface area contributed by atoms with Gasteiger partial charge in [0.05, 0.1) is 13.2 Å². The van der Waals surface area contributed by atoms with E-state index in [-0.39, 0.29) is 12.0 Å². The van der Waals surface area contributed by atoms with Gasteiger partial charge in [0.15, 0.2) is 0 Å². The molecule has 4 heteroatoms. The Morgan fingerprint density at radius 1 is 1.45 bits per heavy atom. The summed E-state index contributed by atoms with van der Waals surface area (Å²) in [5, 5.41) is 13.3. The van der Waals surface area contributed by atoms with Gasteiger partial charge in [0, 0.05) is 37.2 Å². The smallest absolute Gasteiger partial charge is 0.0589 e. The van der Waals surface area contributed by atoms with Crippen LogP contribution in [0.1, 0.15) is 40.0 Å². The van der Waals surface area contributed by atoms with Crippen molar-refractivity contribution in [2.45, 2.75) is 52.1 Å². The van der Waals surface area contributed by atoms with Gasteiger partial charge in [-0.15, -0.1) is 0 Å². The Morgan fingerprint density at radius 3 is 2.85 bits per heavy atom. The highest BCUT2D eigenvalue weighted by molar-refractivity contribution is 4.93. The van der Waals surface area contributed by atoms with Crippen LogP contribution in [0.5, 0.6) is 0 Å². The number of hydrogen-bond acceptors (Lipinski definition) is 4. The highest BCUT2D eigenvalue weighted by atomic mass is 16.5. The number of likely N-dealkylation sites (tertiary alicyclic amines) is 1. The van der Waals surface area contributed by atoms with Crippen LogP contribution >= 0.6 is 0 Å². The van der Waals surface area contributed by atoms with Gasteiger partial charge in [0.25, 0.3) is 0 Å². The Kier molecular flexibility index (Phi) is 5.84. The average Bonchev–Trinajstić information content (AvgIpc) is 2.78. The van der Waals surface area contributed by atoms with Crippen molar-refractivity contribution in [2.24, 2.45) is 11.3 Å². The molecule has 0 aromatic heterocycles. The number of hydrogen-bond donors (Lipinski definition) is 2. The third-order valence-electron chi connectivity index (χ3n) is 5.01. The Hall–Kier alpha value is -0.160. The zero-order valence-corrected chi connectivity index (χ0v) is 13.4. The summed E-state index contributed by atoms with van der Waals surface area (Å²) in [4.78, 5) is 2.50. The minimum Gasteiger partial charge on any atom is -0.395 e. The molecule has 0 aromatic carbocycles. The molecule has 0 saturated carbocycles. The second-order valence-electron chi connectivity index (χ2n) is 7.18. The van der Waals surface area contributed by atoms with Gasteiger partial charge in [-0.2, -0.15) is 0 Å². The van der Waals surface area contributed by atoms with Crippen LogP contribution in [0, 0.1) is 11.3 Å². The number of aliphatic hydroxyl groups excluding tert-OH is 1. The number of nitrogens with one attached hydrogen (secondary N) is 1. The predicted octanol–water partition coefficient (Wildman–Crippen LogP) is 1.48. The summed E-state index contributed by atoms with van der Waals surface area (Å²) >= 11 is 0. The summed E-state index contributed by atoms with van der Waals surface area (Å²) in [5.41, 5.74) is 0.222. The van der Waals surface area contributed by atoms with Gasteiger partial charge in [-0.1, -0.05) is 20.8 Å². The van der Waals surface area contributed by atoms with Crippen LogP contribution in [-0.4, -0.2) is 61.5 Å². The minimum absolute atomic E-state index is 0.222. The molecule has 2 rings (SSSR count). The maximum absolute atomic E-state index is 9.65. The van der Waals surface area contributed by atoms with E-state index in [0.717, 1.165) is 39.3 Å². The minimum atomic E-state index is 0.222. The van der Waals surface area contributed by atoms with Crippen molar-refractivity contribution in [3.05, 3.63) is 0 Å². The molecular weight excluding hydrogens is 252 g/mol. The number of nitrogens with zero attached hydrogens (tertiary/aromatic N) is 1. The summed E-state index contributed by atoms with van der Waals surface area (Å²) in [6, 6.07) is 0.854. The number of rotatable bonds is 6. The van der Waals surface area contributed by atoms with Crippen LogP contribution in [0.3, 0.4) is 0 Å². The zero-order chi connectivity index (χ0) is 14.6. The van der Waals surface area contributed by atoms with Gasteiger partial charge in [-0.25, -0.2) is 0 Å². The second-order valence-corrected chi connectivity index (χ2v) is 7.18. The fourth-order valence-corrected chi connectivity index (χ4v) is 3.66. The fourth-order valence-electron chi connectivity index (χ4n) is 3.66. The molecule has 0 aliphatic carbocycles. The first-order valence-corrected chi connectivity index (χ1v) is 8.22. The molecular formula is C16H32N2O2. The van der Waals surface area contributed by atoms with E-state index in [9.17, 15) is 5.11 Å². The van der Waals surface area contributed by atoms with Crippen molar-refractivity contribution in [1.29, 1.82) is 0 Å². The van der Waals surface area contributed by atoms with Gasteiger partial charge in [-0.3, -0.25) is 4.90 Å². The van der Waals surface area contributed by atoms with Crippen molar-refractivity contribution in [3.63, 3.8) is 0 Å². The van der Waals surface area contributed by atoms with E-state index in [1.165, 1.54) is 12.8 Å². The van der Waals surface area contributed by atoms with Crippen LogP contribution in [0.25, 0.3) is 0 Å². The lowest BCUT2D eigenvalue weighted by Crippen LogP contribution is -2.52. The predicted molar refractivity (Wildman–Crippen MR) is 81.9 cm³/mol. The van der Waals surface area contributed by atoms with E-state index < -0.39 is 0 Å². The Balaban J connectivity index is 1.99. The molecule has 2 N–H and O–H groups in total. The van der Waals surface area contributed by atoms with Crippen molar-refractivity contribution in [2.75, 3.05) is 39.5 Å². The highest BCUT2D eigenvalue weighted by Gasteiger charge is 2.39. The lowest BCUT2D eigenvalue weighted by atomic mass is 9.81. The maximum atomic E-state index is 9.65. The van der Waals surface area contributed by atoms with Gasteiger partial charge in [-0.05, 0) is 31.7 Å². The summed E-state index contributed by atoms with van der Waals surface area (Å²) in [6.07, 6.45) is 3.60. The molecule has 2 aliphatic heterocycles. The molecule has 2 fully saturated rings. The van der Waals surface area contributed by atoms with Crippen molar-refractivity contribution in [1.82, 2.24) is 10.2 Å². The molecule has 20 heavy (non-hydrogen) atoms. The van der Waals surface area contributed by atoms with Crippen LogP contribution < -0.4 is 5.32 Å². The molecule has 4 nitrogen and oxygen atoms in total. The van der Waals surface area contributed by atoms with Crippen LogP contribution in [0.2, 0.25) is 0 Å². The quantitative estimate of drug-likeness (QED) is 0.775. The van der Waals surface area contributed by atoms with E-state index in [0.29, 0.717) is 18.0 Å². The molecule has 2 saturated heterocycles. The molecule has 2 aliphatic rings. The molecule has 0 bridgehead atoms. The van der Waals surface area contributed by atoms with Crippen LogP contribution in [0.4, 0.5) is 0 Å². The van der Waals surface area contributed by atoms with Gasteiger partial charge in [0.1, 0.15) is 0 Å². The van der Waals surface area contributed by atoms with E-state index in [1.54, 1.807) is 0 Å². The third-order valence-corrected chi connectivity index (χ3v) is 5.01. The van der Waals surface area contributed by atoms with Crippen molar-refractivity contribution >= 4 is 0 Å². The van der Waals surface area contributed by atoms with Crippen molar-refractivity contribution < 1.29 is 9.84 Å². The summed E-state index contributed by atoms with van der Waals surface area (Å²) in [5.74, 6) is 0.611. The Bertz CT molecular complexity index is 290. The summed E-state index contributed by atoms with van der Waals surface area (Å²) in [7, 11) is 0. The topological polar surface area (TPSA) is 44.7 Å². The lowest BCUT2D eigenvalue weighted by molar-refractivity contribution is -0.0334. The summed E-state index contributed by atoms with van der Waals surface area (Å²) < 4.78 is 5.79. The molecule has 118 valence electrons. The maximum Gasteiger partial charge on any atom is 0.0589 e. The molecule has 0 radical (unpaired) electrons. The Labute approximate surface area is 123 Å². The SMILES string of the molecule is CC(C)NCC1(CN2CCC(C)C2CO)CCCOC1. The third kappa shape index (κ3) is 3.94. The van der Waals surface area contributed by atoms with Crippen LogP contribution in [-0.2, 0) is 4.74 Å². The molecule has 2 heterocycles. The number of aliphatic hydroxyl groups is 1. The van der Waals surface area contributed by atoms with E-state index in [4.69, 9.17) is 4.74 Å². The standard InChI is InChI=1S/C16H32N2O2/c1-13(2)17-10-16(6-4-8-20-12-16)11-18-7-5-14(3)15(18)9-19/h13-15,17,19H,4-12H2,1-3H3. The largest absolute Gasteiger partial charge is 0.395 e. The first-order valence-electron chi connectivity index (χ1n) is 8.22. The normalized spacial score (nSPS) is 35.9. The lowest BCUT2D eigenvalue weighted by Gasteiger charge is -2.42. The molecule has 3 atom stereocenters. The highest BCUT2D eigenvalue weighted by Crippen LogP contribution is 2.33. The molecule has 0 amide bonds. The monoisotopic (exact) mass is 284 g/mol. The second kappa shape index (κ2) is 7.21. The Morgan fingerprint density at radius 2 is 2.25 bits per heavy atom. The molecule has 3 unspecified atom stereocenters. The number of ether oxygens (including phenoxy) is 1. The van der Waals surface area contributed by atoms with E-state index >= 15 is 0 Å². The molecule has 0 spiro atoms. The average molecular weight is 284 g/mol. The summed E-state index contributed by atoms with van der Waals surface area (Å²) in [6.45, 7) is 11.9. The van der Waals surface area contributed by atoms with E-state index in [1.807, 2.05) is 0 Å². The fraction of sp³-hybridized carbons (Fsp3) is 1.00.